The summed E-state index contributed by atoms with van der Waals surface area (Å²) in [6.45, 7) is 7.80. The van der Waals surface area contributed by atoms with Crippen LogP contribution in [0, 0.1) is 5.92 Å². The van der Waals surface area contributed by atoms with Crippen molar-refractivity contribution in [3.05, 3.63) is 0 Å². The lowest BCUT2D eigenvalue weighted by Gasteiger charge is -2.44. The maximum Gasteiger partial charge on any atom is 0.0241 e. The lowest BCUT2D eigenvalue weighted by Crippen LogP contribution is -2.54. The minimum atomic E-state index is 0.641. The highest BCUT2D eigenvalue weighted by molar-refractivity contribution is 5.09. The summed E-state index contributed by atoms with van der Waals surface area (Å²) in [5.74, 6) is 0.988. The SMILES string of the molecule is CN1CCC(C2(N3CCN(C)CC3)CC2)CC1. The highest BCUT2D eigenvalue weighted by Crippen LogP contribution is 2.51. The fourth-order valence-electron chi connectivity index (χ4n) is 3.91. The lowest BCUT2D eigenvalue weighted by atomic mass is 9.86. The van der Waals surface area contributed by atoms with Crippen LogP contribution in [0.5, 0.6) is 0 Å². The molecule has 0 radical (unpaired) electrons. The van der Waals surface area contributed by atoms with Crippen molar-refractivity contribution in [2.45, 2.75) is 31.2 Å². The lowest BCUT2D eigenvalue weighted by molar-refractivity contribution is 0.0416. The monoisotopic (exact) mass is 237 g/mol. The van der Waals surface area contributed by atoms with E-state index in [1.165, 1.54) is 65.0 Å². The van der Waals surface area contributed by atoms with Gasteiger partial charge in [0, 0.05) is 31.7 Å². The third kappa shape index (κ3) is 2.25. The summed E-state index contributed by atoms with van der Waals surface area (Å²) < 4.78 is 0. The molecule has 0 spiro atoms. The van der Waals surface area contributed by atoms with E-state index in [-0.39, 0.29) is 0 Å². The van der Waals surface area contributed by atoms with Gasteiger partial charge in [0.25, 0.3) is 0 Å². The van der Waals surface area contributed by atoms with Gasteiger partial charge in [0.2, 0.25) is 0 Å². The third-order valence-corrected chi connectivity index (χ3v) is 5.37. The molecule has 0 atom stereocenters. The molecule has 17 heavy (non-hydrogen) atoms. The molecule has 1 saturated carbocycles. The van der Waals surface area contributed by atoms with Gasteiger partial charge in [0.1, 0.15) is 0 Å². The zero-order valence-corrected chi connectivity index (χ0v) is 11.5. The first-order valence-corrected chi connectivity index (χ1v) is 7.33. The molecule has 0 bridgehead atoms. The molecule has 0 N–H and O–H groups in total. The van der Waals surface area contributed by atoms with Crippen LogP contribution in [0.15, 0.2) is 0 Å². The first kappa shape index (κ1) is 11.9. The van der Waals surface area contributed by atoms with E-state index in [1.54, 1.807) is 0 Å². The standard InChI is InChI=1S/C14H27N3/c1-15-7-3-13(4-8-15)14(5-6-14)17-11-9-16(2)10-12-17/h13H,3-12H2,1-2H3. The average molecular weight is 237 g/mol. The molecule has 3 fully saturated rings. The predicted octanol–water partition coefficient (Wildman–Crippen LogP) is 1.11. The number of nitrogens with zero attached hydrogens (tertiary/aromatic N) is 3. The summed E-state index contributed by atoms with van der Waals surface area (Å²) in [5.41, 5.74) is 0.641. The number of likely N-dealkylation sites (N-methyl/N-ethyl adjacent to an activating group) is 1. The quantitative estimate of drug-likeness (QED) is 0.712. The fraction of sp³-hybridized carbons (Fsp3) is 1.00. The normalized spacial score (nSPS) is 32.8. The number of likely N-dealkylation sites (tertiary alicyclic amines) is 1. The highest BCUT2D eigenvalue weighted by Gasteiger charge is 2.53. The van der Waals surface area contributed by atoms with E-state index < -0.39 is 0 Å². The number of piperazine rings is 1. The molecule has 0 aromatic carbocycles. The Morgan fingerprint density at radius 1 is 0.765 bits per heavy atom. The minimum absolute atomic E-state index is 0.641. The first-order chi connectivity index (χ1) is 8.21. The second-order valence-corrected chi connectivity index (χ2v) is 6.47. The van der Waals surface area contributed by atoms with Crippen LogP contribution in [0.2, 0.25) is 0 Å². The summed E-state index contributed by atoms with van der Waals surface area (Å²) in [4.78, 5) is 7.81. The summed E-state index contributed by atoms with van der Waals surface area (Å²) in [6, 6.07) is 0. The second kappa shape index (κ2) is 4.52. The molecule has 3 heteroatoms. The molecule has 2 aliphatic heterocycles. The van der Waals surface area contributed by atoms with Crippen molar-refractivity contribution in [3.8, 4) is 0 Å². The molecule has 98 valence electrons. The average Bonchev–Trinajstić information content (AvgIpc) is 3.12. The molecule has 0 aromatic heterocycles. The molecule has 0 aromatic rings. The van der Waals surface area contributed by atoms with Crippen molar-refractivity contribution in [1.82, 2.24) is 14.7 Å². The van der Waals surface area contributed by atoms with Crippen LogP contribution in [0.25, 0.3) is 0 Å². The van der Waals surface area contributed by atoms with Gasteiger partial charge in [-0.2, -0.15) is 0 Å². The van der Waals surface area contributed by atoms with Crippen molar-refractivity contribution in [2.24, 2.45) is 5.92 Å². The molecule has 0 amide bonds. The van der Waals surface area contributed by atoms with E-state index in [1.807, 2.05) is 0 Å². The fourth-order valence-corrected chi connectivity index (χ4v) is 3.91. The van der Waals surface area contributed by atoms with Gasteiger partial charge in [-0.15, -0.1) is 0 Å². The molecule has 2 heterocycles. The van der Waals surface area contributed by atoms with Crippen LogP contribution in [0.3, 0.4) is 0 Å². The smallest absolute Gasteiger partial charge is 0.0241 e. The van der Waals surface area contributed by atoms with Crippen LogP contribution >= 0.6 is 0 Å². The van der Waals surface area contributed by atoms with Crippen LogP contribution in [-0.2, 0) is 0 Å². The zero-order chi connectivity index (χ0) is 11.9. The topological polar surface area (TPSA) is 9.72 Å². The van der Waals surface area contributed by atoms with Crippen LogP contribution in [0.4, 0.5) is 0 Å². The molecule has 1 aliphatic carbocycles. The van der Waals surface area contributed by atoms with Crippen LogP contribution < -0.4 is 0 Å². The number of hydrogen-bond donors (Lipinski definition) is 0. The van der Waals surface area contributed by atoms with Crippen LogP contribution in [-0.4, -0.2) is 73.6 Å². The van der Waals surface area contributed by atoms with Crippen molar-refractivity contribution < 1.29 is 0 Å². The van der Waals surface area contributed by atoms with E-state index in [4.69, 9.17) is 0 Å². The largest absolute Gasteiger partial charge is 0.306 e. The molecule has 0 unspecified atom stereocenters. The highest BCUT2D eigenvalue weighted by atomic mass is 15.3. The Hall–Kier alpha value is -0.120. The van der Waals surface area contributed by atoms with Crippen molar-refractivity contribution in [3.63, 3.8) is 0 Å². The van der Waals surface area contributed by atoms with Crippen molar-refractivity contribution in [1.29, 1.82) is 0 Å². The van der Waals surface area contributed by atoms with E-state index in [0.29, 0.717) is 5.54 Å². The molecular weight excluding hydrogens is 210 g/mol. The maximum atomic E-state index is 2.84. The van der Waals surface area contributed by atoms with Gasteiger partial charge in [-0.1, -0.05) is 0 Å². The maximum absolute atomic E-state index is 2.84. The minimum Gasteiger partial charge on any atom is -0.306 e. The summed E-state index contributed by atoms with van der Waals surface area (Å²) in [6.07, 6.45) is 5.82. The second-order valence-electron chi connectivity index (χ2n) is 6.47. The predicted molar refractivity (Wildman–Crippen MR) is 71.3 cm³/mol. The molecule has 3 rings (SSSR count). The van der Waals surface area contributed by atoms with Gasteiger partial charge in [-0.25, -0.2) is 0 Å². The Balaban J connectivity index is 1.61. The number of piperidine rings is 1. The Morgan fingerprint density at radius 3 is 1.82 bits per heavy atom. The van der Waals surface area contributed by atoms with E-state index in [0.717, 1.165) is 5.92 Å². The summed E-state index contributed by atoms with van der Waals surface area (Å²) >= 11 is 0. The number of hydrogen-bond acceptors (Lipinski definition) is 3. The van der Waals surface area contributed by atoms with Crippen LogP contribution in [0.1, 0.15) is 25.7 Å². The Labute approximate surface area is 106 Å². The Bertz CT molecular complexity index is 235. The Kier molecular flexibility index (Phi) is 3.18. The summed E-state index contributed by atoms with van der Waals surface area (Å²) in [7, 11) is 4.53. The van der Waals surface area contributed by atoms with Gasteiger partial charge in [0.15, 0.2) is 0 Å². The molecular formula is C14H27N3. The summed E-state index contributed by atoms with van der Waals surface area (Å²) in [5, 5.41) is 0. The van der Waals surface area contributed by atoms with Crippen molar-refractivity contribution >= 4 is 0 Å². The zero-order valence-electron chi connectivity index (χ0n) is 11.5. The Morgan fingerprint density at radius 2 is 1.29 bits per heavy atom. The van der Waals surface area contributed by atoms with Gasteiger partial charge in [0.05, 0.1) is 0 Å². The first-order valence-electron chi connectivity index (χ1n) is 7.33. The third-order valence-electron chi connectivity index (χ3n) is 5.37. The molecule has 2 saturated heterocycles. The van der Waals surface area contributed by atoms with E-state index in [2.05, 4.69) is 28.8 Å². The van der Waals surface area contributed by atoms with Gasteiger partial charge in [-0.3, -0.25) is 4.90 Å². The van der Waals surface area contributed by atoms with Crippen molar-refractivity contribution in [2.75, 3.05) is 53.4 Å². The molecule has 3 nitrogen and oxygen atoms in total. The molecule has 3 aliphatic rings. The van der Waals surface area contributed by atoms with Gasteiger partial charge in [-0.05, 0) is 58.8 Å². The van der Waals surface area contributed by atoms with E-state index in [9.17, 15) is 0 Å². The van der Waals surface area contributed by atoms with Gasteiger partial charge >= 0.3 is 0 Å². The van der Waals surface area contributed by atoms with E-state index >= 15 is 0 Å². The number of rotatable bonds is 2. The van der Waals surface area contributed by atoms with Gasteiger partial charge < -0.3 is 9.80 Å².